The van der Waals surface area contributed by atoms with E-state index in [0.717, 1.165) is 25.3 Å². The zero-order chi connectivity index (χ0) is 10.7. The van der Waals surface area contributed by atoms with Crippen molar-refractivity contribution in [2.45, 2.75) is 6.42 Å². The summed E-state index contributed by atoms with van der Waals surface area (Å²) in [6, 6.07) is 0. The second-order valence-corrected chi connectivity index (χ2v) is 5.41. The van der Waals surface area contributed by atoms with Crippen molar-refractivity contribution in [1.29, 1.82) is 0 Å². The van der Waals surface area contributed by atoms with Gasteiger partial charge in [0.05, 0.1) is 0 Å². The lowest BCUT2D eigenvalue weighted by Gasteiger charge is -2.20. The maximum atomic E-state index is 11.4. The summed E-state index contributed by atoms with van der Waals surface area (Å²) in [6.45, 7) is 1.59. The van der Waals surface area contributed by atoms with E-state index in [4.69, 9.17) is 11.6 Å². The molecule has 1 saturated heterocycles. The Labute approximate surface area is 96.1 Å². The first-order chi connectivity index (χ1) is 7.27. The minimum atomic E-state index is -0.692. The van der Waals surface area contributed by atoms with E-state index in [-0.39, 0.29) is 0 Å². The minimum absolute atomic E-state index is 0.421. The molecule has 1 unspecified atom stereocenters. The van der Waals surface area contributed by atoms with Gasteiger partial charge < -0.3 is 4.90 Å². The molecule has 1 fully saturated rings. The van der Waals surface area contributed by atoms with E-state index >= 15 is 0 Å². The minimum Gasteiger partial charge on any atom is -0.353 e. The van der Waals surface area contributed by atoms with E-state index in [2.05, 4.69) is 14.9 Å². The monoisotopic (exact) mass is 245 g/mol. The van der Waals surface area contributed by atoms with Crippen molar-refractivity contribution < 1.29 is 4.21 Å². The Balaban J connectivity index is 2.16. The molecule has 0 aliphatic carbocycles. The van der Waals surface area contributed by atoms with Crippen molar-refractivity contribution >= 4 is 28.2 Å². The summed E-state index contributed by atoms with van der Waals surface area (Å²) in [5, 5.41) is 0.421. The Hall–Kier alpha value is -0.680. The molecule has 0 radical (unpaired) electrons. The number of rotatable bonds is 1. The number of nitrogens with zero attached hydrogens (tertiary/aromatic N) is 3. The Morgan fingerprint density at radius 2 is 2.07 bits per heavy atom. The summed E-state index contributed by atoms with van der Waals surface area (Å²) >= 11 is 5.96. The van der Waals surface area contributed by atoms with Crippen LogP contribution in [0, 0.1) is 0 Å². The second-order valence-electron chi connectivity index (χ2n) is 3.36. The van der Waals surface area contributed by atoms with Gasteiger partial charge in [-0.05, 0) is 6.42 Å². The molecule has 2 rings (SSSR count). The first kappa shape index (κ1) is 10.8. The largest absolute Gasteiger partial charge is 0.353 e. The number of anilines is 1. The zero-order valence-corrected chi connectivity index (χ0v) is 9.80. The summed E-state index contributed by atoms with van der Waals surface area (Å²) in [4.78, 5) is 10.2. The van der Waals surface area contributed by atoms with Crippen LogP contribution in [0.2, 0.25) is 5.15 Å². The fourth-order valence-corrected chi connectivity index (χ4v) is 2.88. The predicted octanol–water partition coefficient (Wildman–Crippen LogP) is 1.09. The summed E-state index contributed by atoms with van der Waals surface area (Å²) < 4.78 is 11.4. The highest BCUT2D eigenvalue weighted by molar-refractivity contribution is 7.85. The van der Waals surface area contributed by atoms with Gasteiger partial charge in [0.2, 0.25) is 0 Å². The van der Waals surface area contributed by atoms with Gasteiger partial charge in [-0.1, -0.05) is 11.6 Å². The van der Waals surface area contributed by atoms with Crippen LogP contribution >= 0.6 is 11.6 Å². The Morgan fingerprint density at radius 3 is 2.87 bits per heavy atom. The zero-order valence-electron chi connectivity index (χ0n) is 8.23. The number of aromatic nitrogens is 2. The molecule has 82 valence electrons. The second kappa shape index (κ2) is 4.90. The molecule has 1 aromatic heterocycles. The highest BCUT2D eigenvalue weighted by Gasteiger charge is 2.16. The van der Waals surface area contributed by atoms with Gasteiger partial charge >= 0.3 is 0 Å². The first-order valence-corrected chi connectivity index (χ1v) is 6.70. The number of hydrogen-bond acceptors (Lipinski definition) is 4. The molecule has 1 aromatic rings. The van der Waals surface area contributed by atoms with E-state index in [1.165, 1.54) is 0 Å². The van der Waals surface area contributed by atoms with Crippen molar-refractivity contribution in [3.63, 3.8) is 0 Å². The predicted molar refractivity (Wildman–Crippen MR) is 61.7 cm³/mol. The summed E-state index contributed by atoms with van der Waals surface area (Å²) in [6.07, 6.45) is 4.12. The molecule has 0 aromatic carbocycles. The van der Waals surface area contributed by atoms with Gasteiger partial charge in [-0.3, -0.25) is 4.21 Å². The van der Waals surface area contributed by atoms with Gasteiger partial charge in [0.25, 0.3) is 0 Å². The standard InChI is InChI=1S/C9H12ClN3OS/c10-8-9(12-3-2-11-8)13-4-1-6-15(14)7-5-13/h2-3H,1,4-7H2. The molecule has 4 nitrogen and oxygen atoms in total. The molecular weight excluding hydrogens is 234 g/mol. The maximum absolute atomic E-state index is 11.4. The lowest BCUT2D eigenvalue weighted by atomic mass is 10.4. The van der Waals surface area contributed by atoms with E-state index in [1.807, 2.05) is 0 Å². The van der Waals surface area contributed by atoms with E-state index in [0.29, 0.717) is 16.7 Å². The molecule has 0 N–H and O–H groups in total. The van der Waals surface area contributed by atoms with Gasteiger partial charge in [-0.2, -0.15) is 0 Å². The highest BCUT2D eigenvalue weighted by Crippen LogP contribution is 2.20. The van der Waals surface area contributed by atoms with Crippen LogP contribution < -0.4 is 4.90 Å². The van der Waals surface area contributed by atoms with E-state index in [9.17, 15) is 4.21 Å². The molecule has 15 heavy (non-hydrogen) atoms. The molecule has 1 atom stereocenters. The molecule has 1 aliphatic heterocycles. The third-order valence-electron chi connectivity index (χ3n) is 2.32. The van der Waals surface area contributed by atoms with Gasteiger partial charge in [0.1, 0.15) is 0 Å². The van der Waals surface area contributed by atoms with Crippen molar-refractivity contribution in [2.75, 3.05) is 29.5 Å². The fourth-order valence-electron chi connectivity index (χ4n) is 1.58. The molecule has 6 heteroatoms. The number of halogens is 1. The molecule has 0 amide bonds. The third kappa shape index (κ3) is 2.66. The normalized spacial score (nSPS) is 22.5. The molecule has 0 saturated carbocycles. The lowest BCUT2D eigenvalue weighted by Crippen LogP contribution is -2.27. The fraction of sp³-hybridized carbons (Fsp3) is 0.556. The molecule has 0 bridgehead atoms. The van der Waals surface area contributed by atoms with Gasteiger partial charge in [-0.25, -0.2) is 9.97 Å². The summed E-state index contributed by atoms with van der Waals surface area (Å²) in [5.41, 5.74) is 0. The molecule has 2 heterocycles. The number of hydrogen-bond donors (Lipinski definition) is 0. The Morgan fingerprint density at radius 1 is 1.27 bits per heavy atom. The van der Waals surface area contributed by atoms with Crippen molar-refractivity contribution in [3.05, 3.63) is 17.5 Å². The third-order valence-corrected chi connectivity index (χ3v) is 3.97. The van der Waals surface area contributed by atoms with Crippen LogP contribution in [0.4, 0.5) is 5.82 Å². The van der Waals surface area contributed by atoms with Gasteiger partial charge in [0.15, 0.2) is 11.0 Å². The summed E-state index contributed by atoms with van der Waals surface area (Å²) in [5.74, 6) is 2.17. The van der Waals surface area contributed by atoms with E-state index < -0.39 is 10.8 Å². The molecule has 1 aliphatic rings. The van der Waals surface area contributed by atoms with Crippen LogP contribution in [0.15, 0.2) is 12.4 Å². The van der Waals surface area contributed by atoms with Crippen LogP contribution in [0.5, 0.6) is 0 Å². The van der Waals surface area contributed by atoms with Crippen LogP contribution in [0.1, 0.15) is 6.42 Å². The molecular formula is C9H12ClN3OS. The average molecular weight is 246 g/mol. The van der Waals surface area contributed by atoms with Gasteiger partial charge in [-0.15, -0.1) is 0 Å². The van der Waals surface area contributed by atoms with Crippen LogP contribution in [-0.2, 0) is 10.8 Å². The quantitative estimate of drug-likeness (QED) is 0.743. The first-order valence-electron chi connectivity index (χ1n) is 4.84. The highest BCUT2D eigenvalue weighted by atomic mass is 35.5. The van der Waals surface area contributed by atoms with E-state index in [1.54, 1.807) is 12.4 Å². The SMILES string of the molecule is O=S1CCCN(c2nccnc2Cl)CC1. The van der Waals surface area contributed by atoms with Crippen molar-refractivity contribution in [3.8, 4) is 0 Å². The smallest absolute Gasteiger partial charge is 0.171 e. The lowest BCUT2D eigenvalue weighted by molar-refractivity contribution is 0.683. The summed E-state index contributed by atoms with van der Waals surface area (Å²) in [7, 11) is -0.692. The maximum Gasteiger partial charge on any atom is 0.171 e. The van der Waals surface area contributed by atoms with Crippen LogP contribution in [0.25, 0.3) is 0 Å². The molecule has 0 spiro atoms. The average Bonchev–Trinajstić information content (AvgIpc) is 2.44. The Bertz CT molecular complexity index is 374. The topological polar surface area (TPSA) is 46.1 Å². The Kier molecular flexibility index (Phi) is 3.53. The van der Waals surface area contributed by atoms with Crippen LogP contribution in [-0.4, -0.2) is 38.8 Å². The van der Waals surface area contributed by atoms with Gasteiger partial charge in [0, 0.05) is 47.8 Å². The van der Waals surface area contributed by atoms with Crippen molar-refractivity contribution in [2.24, 2.45) is 0 Å². The van der Waals surface area contributed by atoms with Crippen LogP contribution in [0.3, 0.4) is 0 Å². The van der Waals surface area contributed by atoms with Crippen molar-refractivity contribution in [1.82, 2.24) is 9.97 Å².